The van der Waals surface area contributed by atoms with Gasteiger partial charge in [-0.15, -0.1) is 0 Å². The zero-order chi connectivity index (χ0) is 17.9. The van der Waals surface area contributed by atoms with Crippen LogP contribution in [0.3, 0.4) is 0 Å². The van der Waals surface area contributed by atoms with Crippen molar-refractivity contribution in [2.24, 2.45) is 4.99 Å². The van der Waals surface area contributed by atoms with Crippen molar-refractivity contribution in [1.82, 2.24) is 9.88 Å². The number of hydrogen-bond donors (Lipinski definition) is 0. The highest BCUT2D eigenvalue weighted by Crippen LogP contribution is 2.34. The Morgan fingerprint density at radius 2 is 1.96 bits per heavy atom. The maximum Gasteiger partial charge on any atom is 0.278 e. The first-order chi connectivity index (χ1) is 11.2. The summed E-state index contributed by atoms with van der Waals surface area (Å²) in [5.74, 6) is 0.838. The molecule has 1 aromatic carbocycles. The SMILES string of the molecule is CCN(C)/C=N\c1cc(C)c(Oc2nc(C(C)(C)C)cs2)cc1C. The number of hydrogen-bond acceptors (Lipinski definition) is 4. The Labute approximate surface area is 149 Å². The Balaban J connectivity index is 2.22. The second-order valence-corrected chi connectivity index (χ2v) is 7.89. The van der Waals surface area contributed by atoms with Gasteiger partial charge in [-0.2, -0.15) is 0 Å². The van der Waals surface area contributed by atoms with Crippen LogP contribution in [0.5, 0.6) is 10.9 Å². The van der Waals surface area contributed by atoms with E-state index in [1.807, 2.05) is 38.2 Å². The van der Waals surface area contributed by atoms with Gasteiger partial charge in [-0.3, -0.25) is 0 Å². The maximum absolute atomic E-state index is 6.01. The van der Waals surface area contributed by atoms with Gasteiger partial charge in [0.05, 0.1) is 17.7 Å². The van der Waals surface area contributed by atoms with E-state index in [1.54, 1.807) is 0 Å². The molecule has 0 aliphatic heterocycles. The highest BCUT2D eigenvalue weighted by atomic mass is 32.1. The lowest BCUT2D eigenvalue weighted by atomic mass is 9.93. The largest absolute Gasteiger partial charge is 0.431 e. The van der Waals surface area contributed by atoms with Gasteiger partial charge in [-0.25, -0.2) is 9.98 Å². The maximum atomic E-state index is 6.01. The summed E-state index contributed by atoms with van der Waals surface area (Å²) >= 11 is 1.54. The topological polar surface area (TPSA) is 37.7 Å². The number of aliphatic imine (C=N–C) groups is 1. The van der Waals surface area contributed by atoms with Gasteiger partial charge in [-0.05, 0) is 44.0 Å². The minimum Gasteiger partial charge on any atom is -0.431 e. The van der Waals surface area contributed by atoms with Crippen molar-refractivity contribution in [3.05, 3.63) is 34.3 Å². The minimum atomic E-state index is 0.0347. The highest BCUT2D eigenvalue weighted by molar-refractivity contribution is 7.11. The summed E-state index contributed by atoms with van der Waals surface area (Å²) in [6.45, 7) is 13.6. The van der Waals surface area contributed by atoms with Gasteiger partial charge < -0.3 is 9.64 Å². The van der Waals surface area contributed by atoms with Crippen molar-refractivity contribution < 1.29 is 4.74 Å². The summed E-state index contributed by atoms with van der Waals surface area (Å²) in [5, 5.41) is 2.75. The lowest BCUT2D eigenvalue weighted by molar-refractivity contribution is 0.466. The second-order valence-electron chi connectivity index (χ2n) is 7.07. The lowest BCUT2D eigenvalue weighted by Gasteiger charge is -2.14. The van der Waals surface area contributed by atoms with Crippen LogP contribution in [0.2, 0.25) is 0 Å². The van der Waals surface area contributed by atoms with E-state index in [4.69, 9.17) is 4.74 Å². The Hall–Kier alpha value is -1.88. The molecular formula is C19H27N3OS. The first-order valence-electron chi connectivity index (χ1n) is 8.20. The summed E-state index contributed by atoms with van der Waals surface area (Å²) < 4.78 is 6.01. The highest BCUT2D eigenvalue weighted by Gasteiger charge is 2.18. The third-order valence-corrected chi connectivity index (χ3v) is 4.55. The molecule has 0 aliphatic carbocycles. The standard InChI is InChI=1S/C19H27N3OS/c1-8-22(7)12-20-15-9-14(3)16(10-13(15)2)23-18-21-17(11-24-18)19(4,5)6/h9-12H,8H2,1-7H3/b20-12-. The van der Waals surface area contributed by atoms with Gasteiger partial charge in [-0.1, -0.05) is 32.1 Å². The summed E-state index contributed by atoms with van der Waals surface area (Å²) in [4.78, 5) is 11.2. The van der Waals surface area contributed by atoms with Crippen molar-refractivity contribution in [3.63, 3.8) is 0 Å². The molecule has 0 spiro atoms. The van der Waals surface area contributed by atoms with Crippen LogP contribution in [-0.4, -0.2) is 29.8 Å². The summed E-state index contributed by atoms with van der Waals surface area (Å²) in [7, 11) is 2.01. The molecule has 0 saturated heterocycles. The Morgan fingerprint density at radius 3 is 2.54 bits per heavy atom. The van der Waals surface area contributed by atoms with Crippen molar-refractivity contribution >= 4 is 23.4 Å². The molecule has 1 aromatic heterocycles. The molecule has 1 heterocycles. The van der Waals surface area contributed by atoms with Gasteiger partial charge >= 0.3 is 0 Å². The van der Waals surface area contributed by atoms with Gasteiger partial charge in [0.2, 0.25) is 0 Å². The summed E-state index contributed by atoms with van der Waals surface area (Å²) in [6, 6.07) is 4.09. The summed E-state index contributed by atoms with van der Waals surface area (Å²) in [6.07, 6.45) is 1.86. The zero-order valence-corrected chi connectivity index (χ0v) is 16.5. The Bertz CT molecular complexity index is 729. The van der Waals surface area contributed by atoms with Crippen molar-refractivity contribution in [3.8, 4) is 10.9 Å². The molecule has 2 rings (SSSR count). The lowest BCUT2D eigenvalue weighted by Crippen LogP contribution is -2.14. The number of nitrogens with zero attached hydrogens (tertiary/aromatic N) is 3. The van der Waals surface area contributed by atoms with Crippen LogP contribution in [0.15, 0.2) is 22.5 Å². The average molecular weight is 346 g/mol. The molecule has 0 atom stereocenters. The molecule has 0 N–H and O–H groups in total. The van der Waals surface area contributed by atoms with Crippen LogP contribution < -0.4 is 4.74 Å². The molecule has 0 bridgehead atoms. The van der Waals surface area contributed by atoms with Crippen molar-refractivity contribution in [1.29, 1.82) is 0 Å². The second kappa shape index (κ2) is 7.34. The molecule has 0 fully saturated rings. The van der Waals surface area contributed by atoms with E-state index in [9.17, 15) is 0 Å². The predicted octanol–water partition coefficient (Wildman–Crippen LogP) is 5.46. The van der Waals surface area contributed by atoms with E-state index in [2.05, 4.69) is 49.1 Å². The summed E-state index contributed by atoms with van der Waals surface area (Å²) in [5.41, 5.74) is 4.20. The normalized spacial score (nSPS) is 12.0. The molecule has 0 radical (unpaired) electrons. The van der Waals surface area contributed by atoms with Crippen LogP contribution in [-0.2, 0) is 5.41 Å². The van der Waals surface area contributed by atoms with Gasteiger partial charge in [0.25, 0.3) is 5.19 Å². The molecule has 0 saturated carbocycles. The number of rotatable bonds is 5. The fraction of sp³-hybridized carbons (Fsp3) is 0.474. The van der Waals surface area contributed by atoms with Crippen LogP contribution >= 0.6 is 11.3 Å². The van der Waals surface area contributed by atoms with E-state index in [0.717, 1.165) is 34.8 Å². The molecule has 130 valence electrons. The third kappa shape index (κ3) is 4.57. The third-order valence-electron chi connectivity index (χ3n) is 3.84. The van der Waals surface area contributed by atoms with E-state index < -0.39 is 0 Å². The predicted molar refractivity (Wildman–Crippen MR) is 103 cm³/mol. The van der Waals surface area contributed by atoms with E-state index in [0.29, 0.717) is 5.19 Å². The molecule has 5 heteroatoms. The number of benzene rings is 1. The van der Waals surface area contributed by atoms with Crippen molar-refractivity contribution in [2.45, 2.75) is 47.0 Å². The van der Waals surface area contributed by atoms with E-state index in [-0.39, 0.29) is 5.41 Å². The monoisotopic (exact) mass is 345 g/mol. The zero-order valence-electron chi connectivity index (χ0n) is 15.7. The first-order valence-corrected chi connectivity index (χ1v) is 9.08. The molecule has 4 nitrogen and oxygen atoms in total. The Morgan fingerprint density at radius 1 is 1.25 bits per heavy atom. The van der Waals surface area contributed by atoms with Crippen LogP contribution in [0.25, 0.3) is 0 Å². The number of aromatic nitrogens is 1. The Kier molecular flexibility index (Phi) is 5.65. The minimum absolute atomic E-state index is 0.0347. The molecule has 0 amide bonds. The number of ether oxygens (including phenoxy) is 1. The van der Waals surface area contributed by atoms with Gasteiger partial charge in [0.1, 0.15) is 5.75 Å². The van der Waals surface area contributed by atoms with E-state index in [1.165, 1.54) is 11.3 Å². The molecular weight excluding hydrogens is 318 g/mol. The van der Waals surface area contributed by atoms with E-state index >= 15 is 0 Å². The number of aryl methyl sites for hydroxylation is 2. The van der Waals surface area contributed by atoms with Crippen LogP contribution in [0.1, 0.15) is 44.5 Å². The van der Waals surface area contributed by atoms with Crippen molar-refractivity contribution in [2.75, 3.05) is 13.6 Å². The molecule has 0 aliphatic rings. The van der Waals surface area contributed by atoms with Gasteiger partial charge in [0, 0.05) is 24.4 Å². The smallest absolute Gasteiger partial charge is 0.278 e. The quantitative estimate of drug-likeness (QED) is 0.533. The molecule has 24 heavy (non-hydrogen) atoms. The fourth-order valence-corrected chi connectivity index (χ4v) is 2.92. The fourth-order valence-electron chi connectivity index (χ4n) is 2.01. The first kappa shape index (κ1) is 18.5. The average Bonchev–Trinajstić information content (AvgIpc) is 2.97. The van der Waals surface area contributed by atoms with Gasteiger partial charge in [0.15, 0.2) is 0 Å². The van der Waals surface area contributed by atoms with Crippen LogP contribution in [0, 0.1) is 13.8 Å². The molecule has 0 unspecified atom stereocenters. The van der Waals surface area contributed by atoms with Crippen LogP contribution in [0.4, 0.5) is 5.69 Å². The molecule has 2 aromatic rings. The number of thiazole rings is 1.